The van der Waals surface area contributed by atoms with Crippen LogP contribution < -0.4 is 5.32 Å². The van der Waals surface area contributed by atoms with Crippen molar-refractivity contribution in [2.75, 3.05) is 39.4 Å². The van der Waals surface area contributed by atoms with E-state index < -0.39 is 0 Å². The van der Waals surface area contributed by atoms with Crippen molar-refractivity contribution in [2.45, 2.75) is 0 Å². The van der Waals surface area contributed by atoms with E-state index in [0.717, 1.165) is 38.5 Å². The monoisotopic (exact) mass is 300 g/mol. The van der Waals surface area contributed by atoms with Crippen molar-refractivity contribution in [3.8, 4) is 5.69 Å². The lowest BCUT2D eigenvalue weighted by Crippen LogP contribution is -2.41. The molecule has 1 fully saturated rings. The fourth-order valence-electron chi connectivity index (χ4n) is 2.45. The molecule has 0 aliphatic carbocycles. The summed E-state index contributed by atoms with van der Waals surface area (Å²) in [5.41, 5.74) is 1.66. The second kappa shape index (κ2) is 7.20. The normalized spacial score (nSPS) is 15.6. The van der Waals surface area contributed by atoms with E-state index in [1.807, 2.05) is 35.0 Å². The van der Waals surface area contributed by atoms with Crippen LogP contribution in [0.2, 0.25) is 0 Å². The van der Waals surface area contributed by atoms with Crippen molar-refractivity contribution in [2.24, 2.45) is 0 Å². The Morgan fingerprint density at radius 2 is 2.00 bits per heavy atom. The molecule has 1 aliphatic heterocycles. The average Bonchev–Trinajstić information content (AvgIpc) is 3.10. The van der Waals surface area contributed by atoms with Crippen LogP contribution in [0.25, 0.3) is 5.69 Å². The Bertz CT molecular complexity index is 589. The third kappa shape index (κ3) is 3.72. The van der Waals surface area contributed by atoms with Crippen molar-refractivity contribution in [3.63, 3.8) is 0 Å². The number of rotatable bonds is 5. The van der Waals surface area contributed by atoms with Crippen molar-refractivity contribution < 1.29 is 9.53 Å². The summed E-state index contributed by atoms with van der Waals surface area (Å²) in [7, 11) is 0. The molecule has 1 amide bonds. The molecule has 1 aliphatic rings. The van der Waals surface area contributed by atoms with Gasteiger partial charge in [-0.2, -0.15) is 0 Å². The van der Waals surface area contributed by atoms with Gasteiger partial charge in [0.2, 0.25) is 0 Å². The molecule has 1 aromatic heterocycles. The third-order valence-corrected chi connectivity index (χ3v) is 3.75. The van der Waals surface area contributed by atoms with Gasteiger partial charge in [-0.1, -0.05) is 0 Å². The number of carbonyl (C=O) groups is 1. The molecule has 3 rings (SSSR count). The standard InChI is InChI=1S/C16H20N4O2/c21-16(18-6-7-19-9-11-22-12-10-19)14-1-3-15(4-2-14)20-8-5-17-13-20/h1-5,8,13H,6-7,9-12H2,(H,18,21). The summed E-state index contributed by atoms with van der Waals surface area (Å²) in [6.45, 7) is 4.96. The minimum absolute atomic E-state index is 0.0366. The molecule has 1 N–H and O–H groups in total. The van der Waals surface area contributed by atoms with Crippen molar-refractivity contribution in [1.82, 2.24) is 19.8 Å². The minimum atomic E-state index is -0.0366. The van der Waals surface area contributed by atoms with Gasteiger partial charge in [0.05, 0.1) is 19.5 Å². The zero-order valence-corrected chi connectivity index (χ0v) is 12.4. The summed E-state index contributed by atoms with van der Waals surface area (Å²) in [4.78, 5) is 18.4. The predicted octanol–water partition coefficient (Wildman–Crippen LogP) is 0.934. The van der Waals surface area contributed by atoms with E-state index >= 15 is 0 Å². The largest absolute Gasteiger partial charge is 0.379 e. The summed E-state index contributed by atoms with van der Waals surface area (Å²) < 4.78 is 7.21. The molecular formula is C16H20N4O2. The van der Waals surface area contributed by atoms with Gasteiger partial charge in [-0.15, -0.1) is 0 Å². The molecule has 22 heavy (non-hydrogen) atoms. The van der Waals surface area contributed by atoms with E-state index in [-0.39, 0.29) is 5.91 Å². The molecule has 116 valence electrons. The molecule has 2 aromatic rings. The van der Waals surface area contributed by atoms with Crippen LogP contribution in [0.15, 0.2) is 43.0 Å². The van der Waals surface area contributed by atoms with Crippen molar-refractivity contribution >= 4 is 5.91 Å². The van der Waals surface area contributed by atoms with Gasteiger partial charge in [0, 0.05) is 49.8 Å². The van der Waals surface area contributed by atoms with E-state index in [4.69, 9.17) is 4.74 Å². The van der Waals surface area contributed by atoms with Gasteiger partial charge in [0.1, 0.15) is 0 Å². The van der Waals surface area contributed by atoms with Gasteiger partial charge in [-0.3, -0.25) is 9.69 Å². The first kappa shape index (κ1) is 14.7. The molecule has 0 radical (unpaired) electrons. The summed E-state index contributed by atoms with van der Waals surface area (Å²) >= 11 is 0. The Kier molecular flexibility index (Phi) is 4.82. The molecule has 2 heterocycles. The van der Waals surface area contributed by atoms with Crippen LogP contribution >= 0.6 is 0 Å². The molecule has 0 unspecified atom stereocenters. The van der Waals surface area contributed by atoms with Crippen LogP contribution in [0.1, 0.15) is 10.4 Å². The number of hydrogen-bond donors (Lipinski definition) is 1. The molecular weight excluding hydrogens is 280 g/mol. The van der Waals surface area contributed by atoms with Crippen LogP contribution in [0.5, 0.6) is 0 Å². The Morgan fingerprint density at radius 3 is 2.68 bits per heavy atom. The number of carbonyl (C=O) groups excluding carboxylic acids is 1. The van der Waals surface area contributed by atoms with Gasteiger partial charge in [0.25, 0.3) is 5.91 Å². The Balaban J connectivity index is 1.49. The molecule has 0 bridgehead atoms. The zero-order valence-electron chi connectivity index (χ0n) is 12.4. The van der Waals surface area contributed by atoms with Gasteiger partial charge in [-0.25, -0.2) is 4.98 Å². The first-order chi connectivity index (χ1) is 10.8. The number of nitrogens with one attached hydrogen (secondary N) is 1. The lowest BCUT2D eigenvalue weighted by atomic mass is 10.2. The van der Waals surface area contributed by atoms with E-state index in [9.17, 15) is 4.79 Å². The van der Waals surface area contributed by atoms with E-state index in [2.05, 4.69) is 15.2 Å². The molecule has 0 saturated carbocycles. The lowest BCUT2D eigenvalue weighted by molar-refractivity contribution is 0.0383. The predicted molar refractivity (Wildman–Crippen MR) is 83.2 cm³/mol. The summed E-state index contributed by atoms with van der Waals surface area (Å²) in [5.74, 6) is -0.0366. The minimum Gasteiger partial charge on any atom is -0.379 e. The van der Waals surface area contributed by atoms with E-state index in [1.165, 1.54) is 0 Å². The molecule has 0 spiro atoms. The quantitative estimate of drug-likeness (QED) is 0.892. The number of morpholine rings is 1. The Labute approximate surface area is 129 Å². The maximum absolute atomic E-state index is 12.1. The molecule has 0 atom stereocenters. The number of nitrogens with zero attached hydrogens (tertiary/aromatic N) is 3. The van der Waals surface area contributed by atoms with Crippen molar-refractivity contribution in [3.05, 3.63) is 48.5 Å². The highest BCUT2D eigenvalue weighted by Crippen LogP contribution is 2.09. The highest BCUT2D eigenvalue weighted by Gasteiger charge is 2.11. The average molecular weight is 300 g/mol. The van der Waals surface area contributed by atoms with E-state index in [1.54, 1.807) is 12.5 Å². The molecule has 6 nitrogen and oxygen atoms in total. The first-order valence-electron chi connectivity index (χ1n) is 7.49. The fourth-order valence-corrected chi connectivity index (χ4v) is 2.45. The van der Waals surface area contributed by atoms with Crippen LogP contribution in [-0.4, -0.2) is 59.8 Å². The number of hydrogen-bond acceptors (Lipinski definition) is 4. The summed E-state index contributed by atoms with van der Waals surface area (Å²) in [5, 5.41) is 2.96. The van der Waals surface area contributed by atoms with Gasteiger partial charge in [0.15, 0.2) is 0 Å². The van der Waals surface area contributed by atoms with Crippen LogP contribution in [0, 0.1) is 0 Å². The number of aromatic nitrogens is 2. The topological polar surface area (TPSA) is 59.4 Å². The number of imidazole rings is 1. The number of amides is 1. The summed E-state index contributed by atoms with van der Waals surface area (Å²) in [6, 6.07) is 7.50. The van der Waals surface area contributed by atoms with E-state index in [0.29, 0.717) is 12.1 Å². The molecule has 1 saturated heterocycles. The van der Waals surface area contributed by atoms with Crippen molar-refractivity contribution in [1.29, 1.82) is 0 Å². The first-order valence-corrected chi connectivity index (χ1v) is 7.49. The van der Waals surface area contributed by atoms with Gasteiger partial charge >= 0.3 is 0 Å². The highest BCUT2D eigenvalue weighted by atomic mass is 16.5. The lowest BCUT2D eigenvalue weighted by Gasteiger charge is -2.26. The van der Waals surface area contributed by atoms with Gasteiger partial charge in [-0.05, 0) is 24.3 Å². The maximum Gasteiger partial charge on any atom is 0.251 e. The van der Waals surface area contributed by atoms with Crippen LogP contribution in [0.3, 0.4) is 0 Å². The summed E-state index contributed by atoms with van der Waals surface area (Å²) in [6.07, 6.45) is 5.33. The Morgan fingerprint density at radius 1 is 1.23 bits per heavy atom. The third-order valence-electron chi connectivity index (χ3n) is 3.75. The fraction of sp³-hybridized carbons (Fsp3) is 0.375. The smallest absolute Gasteiger partial charge is 0.251 e. The maximum atomic E-state index is 12.1. The molecule has 1 aromatic carbocycles. The zero-order chi connectivity index (χ0) is 15.2. The molecule has 6 heteroatoms. The van der Waals surface area contributed by atoms with Crippen LogP contribution in [0.4, 0.5) is 0 Å². The number of benzene rings is 1. The van der Waals surface area contributed by atoms with Crippen LogP contribution in [-0.2, 0) is 4.74 Å². The second-order valence-electron chi connectivity index (χ2n) is 5.23. The highest BCUT2D eigenvalue weighted by molar-refractivity contribution is 5.94. The van der Waals surface area contributed by atoms with Gasteiger partial charge < -0.3 is 14.6 Å². The SMILES string of the molecule is O=C(NCCN1CCOCC1)c1ccc(-n2ccnc2)cc1. The number of ether oxygens (including phenoxy) is 1. The second-order valence-corrected chi connectivity index (χ2v) is 5.23. The Hall–Kier alpha value is -2.18.